The van der Waals surface area contributed by atoms with Crippen LogP contribution < -0.4 is 9.47 Å². The van der Waals surface area contributed by atoms with Crippen LogP contribution in [0.5, 0.6) is 11.5 Å². The summed E-state index contributed by atoms with van der Waals surface area (Å²) in [5.74, 6) is -0.543. The average Bonchev–Trinajstić information content (AvgIpc) is 2.74. The van der Waals surface area contributed by atoms with E-state index in [0.29, 0.717) is 12.2 Å². The van der Waals surface area contributed by atoms with E-state index >= 15 is 0 Å². The first kappa shape index (κ1) is 22.2. The monoisotopic (exact) mass is 420 g/mol. The van der Waals surface area contributed by atoms with Gasteiger partial charge in [0.25, 0.3) is 0 Å². The second-order valence-corrected chi connectivity index (χ2v) is 8.01. The quantitative estimate of drug-likeness (QED) is 0.371. The average molecular weight is 420 g/mol. The van der Waals surface area contributed by atoms with E-state index in [-0.39, 0.29) is 17.2 Å². The molecule has 6 heteroatoms. The zero-order valence-electron chi connectivity index (χ0n) is 17.3. The molecule has 0 saturated heterocycles. The lowest BCUT2D eigenvalue weighted by atomic mass is 9.76. The molecule has 1 aliphatic carbocycles. The van der Waals surface area contributed by atoms with E-state index in [4.69, 9.17) is 9.47 Å². The van der Waals surface area contributed by atoms with Crippen LogP contribution in [0.15, 0.2) is 48.5 Å². The third-order valence-electron chi connectivity index (χ3n) is 5.99. The molecule has 0 spiro atoms. The Morgan fingerprint density at radius 1 is 1.03 bits per heavy atom. The van der Waals surface area contributed by atoms with E-state index in [1.54, 1.807) is 30.3 Å². The highest BCUT2D eigenvalue weighted by atomic mass is 19.4. The Labute approximate surface area is 175 Å². The molecular formula is C24H27F3O3. The van der Waals surface area contributed by atoms with Crippen LogP contribution in [0.4, 0.5) is 13.2 Å². The molecule has 0 bridgehead atoms. The van der Waals surface area contributed by atoms with Crippen molar-refractivity contribution in [2.24, 2.45) is 5.92 Å². The van der Waals surface area contributed by atoms with Crippen molar-refractivity contribution in [3.63, 3.8) is 0 Å². The standard InChI is InChI=1S/C24H27F3O3/c1-3-23(2,18-10-6-4-7-11-18)30-21-16-17(14-15-20(21)24(25,26)27)22(28)29-19-12-8-5-9-13-19/h5,8-9,12-16,18H,3-4,6-7,10-11H2,1-2H3. The maximum atomic E-state index is 13.7. The summed E-state index contributed by atoms with van der Waals surface area (Å²) in [5, 5.41) is 0. The number of ether oxygens (including phenoxy) is 2. The molecule has 3 nitrogen and oxygen atoms in total. The lowest BCUT2D eigenvalue weighted by Crippen LogP contribution is -2.41. The number of benzene rings is 2. The van der Waals surface area contributed by atoms with Crippen molar-refractivity contribution >= 4 is 5.97 Å². The number of hydrogen-bond acceptors (Lipinski definition) is 3. The van der Waals surface area contributed by atoms with Gasteiger partial charge in [-0.1, -0.05) is 44.4 Å². The summed E-state index contributed by atoms with van der Waals surface area (Å²) in [6.45, 7) is 3.80. The maximum Gasteiger partial charge on any atom is 0.419 e. The molecule has 0 amide bonds. The predicted octanol–water partition coefficient (Wildman–Crippen LogP) is 7.05. The van der Waals surface area contributed by atoms with Crippen molar-refractivity contribution in [3.05, 3.63) is 59.7 Å². The minimum atomic E-state index is -4.58. The zero-order valence-corrected chi connectivity index (χ0v) is 17.3. The molecule has 1 fully saturated rings. The topological polar surface area (TPSA) is 35.5 Å². The minimum absolute atomic E-state index is 0.0175. The Morgan fingerprint density at radius 2 is 1.70 bits per heavy atom. The van der Waals surface area contributed by atoms with Crippen LogP contribution in [0.1, 0.15) is 68.3 Å². The SMILES string of the molecule is CCC(C)(Oc1cc(C(=O)Oc2ccccc2)ccc1C(F)(F)F)C1CCCCC1. The summed E-state index contributed by atoms with van der Waals surface area (Å²) >= 11 is 0. The molecule has 1 aliphatic rings. The molecule has 3 rings (SSSR count). The number of carbonyl (C=O) groups is 1. The third kappa shape index (κ3) is 5.15. The second-order valence-electron chi connectivity index (χ2n) is 8.01. The van der Waals surface area contributed by atoms with Crippen molar-refractivity contribution < 1.29 is 27.4 Å². The van der Waals surface area contributed by atoms with Crippen molar-refractivity contribution in [1.29, 1.82) is 0 Å². The van der Waals surface area contributed by atoms with E-state index in [1.807, 2.05) is 13.8 Å². The van der Waals surface area contributed by atoms with Crippen molar-refractivity contribution in [2.45, 2.75) is 64.1 Å². The molecule has 1 saturated carbocycles. The molecular weight excluding hydrogens is 393 g/mol. The summed E-state index contributed by atoms with van der Waals surface area (Å²) in [4.78, 5) is 12.5. The van der Waals surface area contributed by atoms with Gasteiger partial charge in [-0.3, -0.25) is 0 Å². The lowest BCUT2D eigenvalue weighted by molar-refractivity contribution is -0.140. The molecule has 0 radical (unpaired) electrons. The van der Waals surface area contributed by atoms with Gasteiger partial charge in [0.2, 0.25) is 0 Å². The first-order chi connectivity index (χ1) is 14.2. The van der Waals surface area contributed by atoms with E-state index in [2.05, 4.69) is 0 Å². The van der Waals surface area contributed by atoms with Gasteiger partial charge >= 0.3 is 12.1 Å². The van der Waals surface area contributed by atoms with Crippen molar-refractivity contribution in [1.82, 2.24) is 0 Å². The Balaban J connectivity index is 1.92. The second kappa shape index (κ2) is 9.11. The zero-order chi connectivity index (χ0) is 21.8. The smallest absolute Gasteiger partial charge is 0.419 e. The summed E-state index contributed by atoms with van der Waals surface area (Å²) < 4.78 is 52.3. The largest absolute Gasteiger partial charge is 0.487 e. The Bertz CT molecular complexity index is 858. The lowest BCUT2D eigenvalue weighted by Gasteiger charge is -2.40. The van der Waals surface area contributed by atoms with E-state index in [0.717, 1.165) is 50.3 Å². The van der Waals surface area contributed by atoms with Gasteiger partial charge in [0.15, 0.2) is 0 Å². The molecule has 2 aromatic rings. The summed E-state index contributed by atoms with van der Waals surface area (Å²) in [5.41, 5.74) is -1.60. The first-order valence-corrected chi connectivity index (χ1v) is 10.4. The minimum Gasteiger partial charge on any atom is -0.487 e. The number of esters is 1. The molecule has 162 valence electrons. The van der Waals surface area contributed by atoms with Gasteiger partial charge < -0.3 is 9.47 Å². The summed E-state index contributed by atoms with van der Waals surface area (Å²) in [6.07, 6.45) is 1.11. The van der Waals surface area contributed by atoms with E-state index in [9.17, 15) is 18.0 Å². The predicted molar refractivity (Wildman–Crippen MR) is 109 cm³/mol. The van der Waals surface area contributed by atoms with Crippen LogP contribution in [0.3, 0.4) is 0 Å². The number of halogens is 3. The number of alkyl halides is 3. The molecule has 1 atom stereocenters. The van der Waals surface area contributed by atoms with Gasteiger partial charge in [0.1, 0.15) is 17.1 Å². The van der Waals surface area contributed by atoms with Crippen LogP contribution in [0, 0.1) is 5.92 Å². The molecule has 0 aliphatic heterocycles. The fourth-order valence-corrected chi connectivity index (χ4v) is 4.03. The highest BCUT2D eigenvalue weighted by Crippen LogP contribution is 2.42. The van der Waals surface area contributed by atoms with Crippen LogP contribution >= 0.6 is 0 Å². The number of hydrogen-bond donors (Lipinski definition) is 0. The molecule has 0 N–H and O–H groups in total. The van der Waals surface area contributed by atoms with Crippen LogP contribution in [0.2, 0.25) is 0 Å². The first-order valence-electron chi connectivity index (χ1n) is 10.4. The van der Waals surface area contributed by atoms with Gasteiger partial charge in [-0.25, -0.2) is 4.79 Å². The normalized spacial score (nSPS) is 17.2. The number of rotatable bonds is 6. The summed E-state index contributed by atoms with van der Waals surface area (Å²) in [6, 6.07) is 11.6. The Morgan fingerprint density at radius 3 is 2.30 bits per heavy atom. The van der Waals surface area contributed by atoms with Gasteiger partial charge in [-0.15, -0.1) is 0 Å². The van der Waals surface area contributed by atoms with Crippen LogP contribution in [-0.4, -0.2) is 11.6 Å². The molecule has 0 heterocycles. The van der Waals surface area contributed by atoms with E-state index < -0.39 is 23.3 Å². The van der Waals surface area contributed by atoms with Crippen molar-refractivity contribution in [3.8, 4) is 11.5 Å². The fourth-order valence-electron chi connectivity index (χ4n) is 4.03. The number of para-hydroxylation sites is 1. The van der Waals surface area contributed by atoms with Gasteiger partial charge in [0, 0.05) is 0 Å². The maximum absolute atomic E-state index is 13.7. The van der Waals surface area contributed by atoms with Gasteiger partial charge in [-0.05, 0) is 62.4 Å². The Hall–Kier alpha value is -2.50. The highest BCUT2D eigenvalue weighted by molar-refractivity contribution is 5.91. The Kier molecular flexibility index (Phi) is 6.74. The van der Waals surface area contributed by atoms with E-state index in [1.165, 1.54) is 0 Å². The molecule has 2 aromatic carbocycles. The molecule has 0 aromatic heterocycles. The third-order valence-corrected chi connectivity index (χ3v) is 5.99. The van der Waals surface area contributed by atoms with Crippen LogP contribution in [0.25, 0.3) is 0 Å². The molecule has 1 unspecified atom stereocenters. The fraction of sp³-hybridized carbons (Fsp3) is 0.458. The van der Waals surface area contributed by atoms with Crippen LogP contribution in [-0.2, 0) is 6.18 Å². The van der Waals surface area contributed by atoms with Gasteiger partial charge in [0.05, 0.1) is 11.1 Å². The highest BCUT2D eigenvalue weighted by Gasteiger charge is 2.40. The summed E-state index contributed by atoms with van der Waals surface area (Å²) in [7, 11) is 0. The molecule has 30 heavy (non-hydrogen) atoms. The van der Waals surface area contributed by atoms with Crippen molar-refractivity contribution in [2.75, 3.05) is 0 Å². The number of carbonyl (C=O) groups excluding carboxylic acids is 1. The van der Waals surface area contributed by atoms with Gasteiger partial charge in [-0.2, -0.15) is 13.2 Å².